The van der Waals surface area contributed by atoms with E-state index >= 15 is 0 Å². The SMILES string of the molecule is O=C(COc1ccc(C(=O)c2ccccc2)cc1)NCc1ccc(CN2CCCC2)cc1. The van der Waals surface area contributed by atoms with Gasteiger partial charge in [-0.25, -0.2) is 0 Å². The van der Waals surface area contributed by atoms with E-state index in [-0.39, 0.29) is 18.3 Å². The maximum atomic E-state index is 12.4. The summed E-state index contributed by atoms with van der Waals surface area (Å²) in [5.74, 6) is 0.327. The van der Waals surface area contributed by atoms with Gasteiger partial charge < -0.3 is 10.1 Å². The Morgan fingerprint density at radius 1 is 0.781 bits per heavy atom. The third-order valence-electron chi connectivity index (χ3n) is 5.64. The molecular weight excluding hydrogens is 400 g/mol. The highest BCUT2D eigenvalue weighted by molar-refractivity contribution is 6.08. The topological polar surface area (TPSA) is 58.6 Å². The highest BCUT2D eigenvalue weighted by Crippen LogP contribution is 2.16. The lowest BCUT2D eigenvalue weighted by molar-refractivity contribution is -0.123. The Bertz CT molecular complexity index is 1020. The van der Waals surface area contributed by atoms with Crippen molar-refractivity contribution in [1.29, 1.82) is 0 Å². The van der Waals surface area contributed by atoms with E-state index in [1.165, 1.54) is 31.5 Å². The molecule has 1 N–H and O–H groups in total. The second-order valence-corrected chi connectivity index (χ2v) is 8.08. The summed E-state index contributed by atoms with van der Waals surface area (Å²) in [6, 6.07) is 24.4. The van der Waals surface area contributed by atoms with Gasteiger partial charge in [0.25, 0.3) is 5.91 Å². The molecule has 1 heterocycles. The summed E-state index contributed by atoms with van der Waals surface area (Å²) in [5, 5.41) is 2.88. The molecule has 5 heteroatoms. The van der Waals surface area contributed by atoms with Gasteiger partial charge in [0.1, 0.15) is 5.75 Å². The number of benzene rings is 3. The van der Waals surface area contributed by atoms with Crippen LogP contribution < -0.4 is 10.1 Å². The normalized spacial score (nSPS) is 13.6. The van der Waals surface area contributed by atoms with Crippen LogP contribution >= 0.6 is 0 Å². The Kier molecular flexibility index (Phi) is 7.31. The van der Waals surface area contributed by atoms with E-state index in [0.717, 1.165) is 12.1 Å². The van der Waals surface area contributed by atoms with Crippen LogP contribution in [0.5, 0.6) is 5.75 Å². The van der Waals surface area contributed by atoms with Gasteiger partial charge in [-0.1, -0.05) is 54.6 Å². The van der Waals surface area contributed by atoms with Gasteiger partial charge in [-0.2, -0.15) is 0 Å². The average Bonchev–Trinajstić information content (AvgIpc) is 3.36. The number of carbonyl (C=O) groups is 2. The molecule has 1 aliphatic rings. The van der Waals surface area contributed by atoms with E-state index < -0.39 is 0 Å². The molecule has 3 aromatic carbocycles. The van der Waals surface area contributed by atoms with Crippen LogP contribution in [-0.4, -0.2) is 36.3 Å². The lowest BCUT2D eigenvalue weighted by atomic mass is 10.0. The fourth-order valence-electron chi connectivity index (χ4n) is 3.82. The van der Waals surface area contributed by atoms with Crippen LogP contribution in [0.1, 0.15) is 39.9 Å². The molecule has 0 aliphatic carbocycles. The Morgan fingerprint density at radius 2 is 1.41 bits per heavy atom. The molecule has 0 saturated carbocycles. The summed E-state index contributed by atoms with van der Waals surface area (Å²) in [6.07, 6.45) is 2.59. The third kappa shape index (κ3) is 6.05. The van der Waals surface area contributed by atoms with Crippen molar-refractivity contribution in [3.8, 4) is 5.75 Å². The van der Waals surface area contributed by atoms with E-state index in [1.807, 2.05) is 18.2 Å². The molecule has 0 atom stereocenters. The highest BCUT2D eigenvalue weighted by Gasteiger charge is 2.12. The maximum absolute atomic E-state index is 12.4. The molecule has 0 unspecified atom stereocenters. The fraction of sp³-hybridized carbons (Fsp3) is 0.259. The Balaban J connectivity index is 1.20. The second kappa shape index (κ2) is 10.7. The number of likely N-dealkylation sites (tertiary alicyclic amines) is 1. The van der Waals surface area contributed by atoms with Crippen LogP contribution in [0.15, 0.2) is 78.9 Å². The van der Waals surface area contributed by atoms with Crippen molar-refractivity contribution >= 4 is 11.7 Å². The van der Waals surface area contributed by atoms with E-state index in [1.54, 1.807) is 36.4 Å². The number of hydrogen-bond acceptors (Lipinski definition) is 4. The van der Waals surface area contributed by atoms with Crippen LogP contribution in [0.25, 0.3) is 0 Å². The van der Waals surface area contributed by atoms with Crippen LogP contribution in [-0.2, 0) is 17.9 Å². The molecule has 1 fully saturated rings. The van der Waals surface area contributed by atoms with E-state index in [0.29, 0.717) is 23.4 Å². The summed E-state index contributed by atoms with van der Waals surface area (Å²) in [4.78, 5) is 27.1. The Morgan fingerprint density at radius 3 is 2.09 bits per heavy atom. The Hall–Kier alpha value is -3.44. The minimum Gasteiger partial charge on any atom is -0.484 e. The molecule has 3 aromatic rings. The van der Waals surface area contributed by atoms with E-state index in [2.05, 4.69) is 34.5 Å². The van der Waals surface area contributed by atoms with Gasteiger partial charge in [-0.05, 0) is 61.3 Å². The molecular formula is C27H28N2O3. The lowest BCUT2D eigenvalue weighted by Gasteiger charge is -2.14. The van der Waals surface area contributed by atoms with Gasteiger partial charge in [-0.3, -0.25) is 14.5 Å². The maximum Gasteiger partial charge on any atom is 0.258 e. The molecule has 0 spiro atoms. The first-order chi connectivity index (χ1) is 15.7. The van der Waals surface area contributed by atoms with Crippen molar-refractivity contribution < 1.29 is 14.3 Å². The highest BCUT2D eigenvalue weighted by atomic mass is 16.5. The molecule has 1 amide bonds. The van der Waals surface area contributed by atoms with Crippen molar-refractivity contribution in [3.63, 3.8) is 0 Å². The number of nitrogens with zero attached hydrogens (tertiary/aromatic N) is 1. The minimum atomic E-state index is -0.185. The number of amides is 1. The smallest absolute Gasteiger partial charge is 0.258 e. The second-order valence-electron chi connectivity index (χ2n) is 8.08. The van der Waals surface area contributed by atoms with E-state index in [9.17, 15) is 9.59 Å². The molecule has 1 saturated heterocycles. The predicted molar refractivity (Wildman–Crippen MR) is 125 cm³/mol. The van der Waals surface area contributed by atoms with Gasteiger partial charge >= 0.3 is 0 Å². The summed E-state index contributed by atoms with van der Waals surface area (Å²) in [5.41, 5.74) is 3.60. The predicted octanol–water partition coefficient (Wildman–Crippen LogP) is 4.21. The number of nitrogens with one attached hydrogen (secondary N) is 1. The zero-order valence-electron chi connectivity index (χ0n) is 18.1. The lowest BCUT2D eigenvalue weighted by Crippen LogP contribution is -2.28. The molecule has 4 rings (SSSR count). The van der Waals surface area contributed by atoms with Crippen molar-refractivity contribution in [1.82, 2.24) is 10.2 Å². The minimum absolute atomic E-state index is 0.0404. The van der Waals surface area contributed by atoms with E-state index in [4.69, 9.17) is 4.74 Å². The molecule has 1 aliphatic heterocycles. The van der Waals surface area contributed by atoms with Crippen LogP contribution in [0, 0.1) is 0 Å². The van der Waals surface area contributed by atoms with Gasteiger partial charge in [0.15, 0.2) is 12.4 Å². The molecule has 0 radical (unpaired) electrons. The molecule has 0 bridgehead atoms. The summed E-state index contributed by atoms with van der Waals surface area (Å²) in [7, 11) is 0. The summed E-state index contributed by atoms with van der Waals surface area (Å²) in [6.45, 7) is 3.76. The standard InChI is InChI=1S/C27H28N2O3/c30-26(28-18-21-8-10-22(11-9-21)19-29-16-4-5-17-29)20-32-25-14-12-24(13-15-25)27(31)23-6-2-1-3-7-23/h1-3,6-15H,4-5,16-20H2,(H,28,30). The van der Waals surface area contributed by atoms with Crippen LogP contribution in [0.2, 0.25) is 0 Å². The van der Waals surface area contributed by atoms with Crippen LogP contribution in [0.3, 0.4) is 0 Å². The number of ketones is 1. The number of ether oxygens (including phenoxy) is 1. The van der Waals surface area contributed by atoms with Gasteiger partial charge in [-0.15, -0.1) is 0 Å². The molecule has 5 nitrogen and oxygen atoms in total. The first-order valence-corrected chi connectivity index (χ1v) is 11.1. The zero-order valence-corrected chi connectivity index (χ0v) is 18.1. The van der Waals surface area contributed by atoms with Crippen molar-refractivity contribution in [2.75, 3.05) is 19.7 Å². The van der Waals surface area contributed by atoms with Crippen molar-refractivity contribution in [2.24, 2.45) is 0 Å². The van der Waals surface area contributed by atoms with Crippen molar-refractivity contribution in [2.45, 2.75) is 25.9 Å². The molecule has 164 valence electrons. The summed E-state index contributed by atoms with van der Waals surface area (Å²) >= 11 is 0. The van der Waals surface area contributed by atoms with Crippen molar-refractivity contribution in [3.05, 3.63) is 101 Å². The first-order valence-electron chi connectivity index (χ1n) is 11.1. The van der Waals surface area contributed by atoms with Crippen LogP contribution in [0.4, 0.5) is 0 Å². The fourth-order valence-corrected chi connectivity index (χ4v) is 3.82. The third-order valence-corrected chi connectivity index (χ3v) is 5.64. The molecule has 0 aromatic heterocycles. The zero-order chi connectivity index (χ0) is 22.2. The quantitative estimate of drug-likeness (QED) is 0.519. The first kappa shape index (κ1) is 21.8. The average molecular weight is 429 g/mol. The molecule has 32 heavy (non-hydrogen) atoms. The number of hydrogen-bond donors (Lipinski definition) is 1. The number of carbonyl (C=O) groups excluding carboxylic acids is 2. The van der Waals surface area contributed by atoms with Gasteiger partial charge in [0.2, 0.25) is 0 Å². The Labute approximate surface area is 189 Å². The monoisotopic (exact) mass is 428 g/mol. The number of rotatable bonds is 9. The van der Waals surface area contributed by atoms with Gasteiger partial charge in [0.05, 0.1) is 0 Å². The van der Waals surface area contributed by atoms with Gasteiger partial charge in [0, 0.05) is 24.2 Å². The largest absolute Gasteiger partial charge is 0.484 e. The summed E-state index contributed by atoms with van der Waals surface area (Å²) < 4.78 is 5.56.